The summed E-state index contributed by atoms with van der Waals surface area (Å²) in [5.41, 5.74) is 1.81. The summed E-state index contributed by atoms with van der Waals surface area (Å²) in [7, 11) is 1.53. The molecule has 194 valence electrons. The Hall–Kier alpha value is -4.70. The Bertz CT molecular complexity index is 1380. The third kappa shape index (κ3) is 5.21. The van der Waals surface area contributed by atoms with E-state index in [1.54, 1.807) is 30.3 Å². The van der Waals surface area contributed by atoms with Gasteiger partial charge in [-0.1, -0.05) is 6.07 Å². The van der Waals surface area contributed by atoms with Gasteiger partial charge in [-0.2, -0.15) is 0 Å². The first-order chi connectivity index (χ1) is 18.4. The van der Waals surface area contributed by atoms with Crippen LogP contribution in [-0.4, -0.2) is 50.1 Å². The summed E-state index contributed by atoms with van der Waals surface area (Å²) in [6.07, 6.45) is 0.0145. The molecule has 1 N–H and O–H groups in total. The number of anilines is 1. The van der Waals surface area contributed by atoms with Crippen LogP contribution in [0.5, 0.6) is 17.2 Å². The number of imide groups is 1. The van der Waals surface area contributed by atoms with E-state index < -0.39 is 18.6 Å². The molecule has 1 fully saturated rings. The first-order valence-electron chi connectivity index (χ1n) is 11.9. The van der Waals surface area contributed by atoms with Crippen LogP contribution in [0.4, 0.5) is 5.69 Å². The number of nitrogens with one attached hydrogen (secondary N) is 1. The summed E-state index contributed by atoms with van der Waals surface area (Å²) >= 11 is 0. The highest BCUT2D eigenvalue weighted by Crippen LogP contribution is 2.32. The molecule has 38 heavy (non-hydrogen) atoms. The van der Waals surface area contributed by atoms with Crippen LogP contribution in [0.1, 0.15) is 32.7 Å². The summed E-state index contributed by atoms with van der Waals surface area (Å²) in [6, 6.07) is 17.2. The minimum Gasteiger partial charge on any atom is -0.497 e. The topological polar surface area (TPSA) is 120 Å². The Morgan fingerprint density at radius 3 is 2.39 bits per heavy atom. The van der Waals surface area contributed by atoms with E-state index in [0.29, 0.717) is 35.0 Å². The molecule has 10 nitrogen and oxygen atoms in total. The number of hydrogen-bond acceptors (Lipinski definition) is 9. The van der Waals surface area contributed by atoms with Gasteiger partial charge in [0.05, 0.1) is 30.8 Å². The predicted molar refractivity (Wildman–Crippen MR) is 134 cm³/mol. The number of benzene rings is 3. The number of methoxy groups -OCH3 is 1. The van der Waals surface area contributed by atoms with Gasteiger partial charge in [-0.3, -0.25) is 14.4 Å². The van der Waals surface area contributed by atoms with Crippen molar-refractivity contribution in [2.75, 3.05) is 25.4 Å². The number of rotatable bonds is 9. The lowest BCUT2D eigenvalue weighted by Gasteiger charge is -2.16. The van der Waals surface area contributed by atoms with E-state index >= 15 is 0 Å². The Balaban J connectivity index is 1.16. The maximum atomic E-state index is 13.0. The summed E-state index contributed by atoms with van der Waals surface area (Å²) in [5.74, 6) is 0.146. The number of carbonyl (C=O) groups is 4. The Morgan fingerprint density at radius 1 is 0.947 bits per heavy atom. The van der Waals surface area contributed by atoms with Crippen LogP contribution >= 0.6 is 0 Å². The average molecular weight is 517 g/mol. The number of amides is 2. The van der Waals surface area contributed by atoms with Crippen molar-refractivity contribution in [3.8, 4) is 17.2 Å². The second-order valence-corrected chi connectivity index (χ2v) is 8.67. The van der Waals surface area contributed by atoms with Crippen LogP contribution in [-0.2, 0) is 20.9 Å². The van der Waals surface area contributed by atoms with Crippen molar-refractivity contribution >= 4 is 29.3 Å². The minimum absolute atomic E-state index is 0.0145. The molecule has 2 heterocycles. The molecule has 3 aromatic rings. The second-order valence-electron chi connectivity index (χ2n) is 8.67. The highest BCUT2D eigenvalue weighted by Gasteiger charge is 2.39. The van der Waals surface area contributed by atoms with E-state index in [2.05, 4.69) is 5.32 Å². The summed E-state index contributed by atoms with van der Waals surface area (Å²) < 4.78 is 20.9. The first kappa shape index (κ1) is 25.0. The molecule has 10 heteroatoms. The van der Waals surface area contributed by atoms with Gasteiger partial charge in [-0.05, 0) is 66.2 Å². The maximum absolute atomic E-state index is 13.0. The molecular weight excluding hydrogens is 492 g/mol. The van der Waals surface area contributed by atoms with Crippen LogP contribution < -0.4 is 24.4 Å². The zero-order valence-electron chi connectivity index (χ0n) is 20.5. The number of fused-ring (bicyclic) bond motifs is 1. The van der Waals surface area contributed by atoms with Crippen molar-refractivity contribution in [2.45, 2.75) is 19.0 Å². The molecule has 0 saturated carbocycles. The van der Waals surface area contributed by atoms with Gasteiger partial charge in [0, 0.05) is 12.1 Å². The summed E-state index contributed by atoms with van der Waals surface area (Å²) in [5, 5.41) is 3.12. The third-order valence-electron chi connectivity index (χ3n) is 6.24. The Morgan fingerprint density at radius 2 is 1.66 bits per heavy atom. The Kier molecular flexibility index (Phi) is 7.05. The van der Waals surface area contributed by atoms with Crippen molar-refractivity contribution in [3.05, 3.63) is 83.4 Å². The van der Waals surface area contributed by atoms with E-state index in [1.807, 2.05) is 12.1 Å². The van der Waals surface area contributed by atoms with E-state index in [9.17, 15) is 19.2 Å². The number of esters is 1. The van der Waals surface area contributed by atoms with Gasteiger partial charge >= 0.3 is 5.97 Å². The fourth-order valence-corrected chi connectivity index (χ4v) is 4.18. The van der Waals surface area contributed by atoms with Crippen molar-refractivity contribution in [2.24, 2.45) is 0 Å². The summed E-state index contributed by atoms with van der Waals surface area (Å²) in [6.45, 7) is 0.121. The van der Waals surface area contributed by atoms with E-state index in [4.69, 9.17) is 18.9 Å². The lowest BCUT2D eigenvalue weighted by molar-refractivity contribution is -0.121. The number of carbonyl (C=O) groups excluding carboxylic acids is 4. The molecule has 1 atom stereocenters. The predicted octanol–water partition coefficient (Wildman–Crippen LogP) is 2.89. The van der Waals surface area contributed by atoms with Gasteiger partial charge < -0.3 is 24.3 Å². The van der Waals surface area contributed by atoms with Gasteiger partial charge in [0.1, 0.15) is 5.75 Å². The van der Waals surface area contributed by atoms with Gasteiger partial charge in [0.2, 0.25) is 12.7 Å². The van der Waals surface area contributed by atoms with Crippen LogP contribution in [0, 0.1) is 0 Å². The van der Waals surface area contributed by atoms with Crippen molar-refractivity contribution < 1.29 is 38.1 Å². The van der Waals surface area contributed by atoms with Crippen LogP contribution in [0.15, 0.2) is 66.7 Å². The SMILES string of the molecule is COc1ccc(C(=O)COC(=O)c2ccc(N3C(=O)CC(NCc4ccc5c(c4)OCO5)C3=O)cc2)cc1. The zero-order chi connectivity index (χ0) is 26.6. The van der Waals surface area contributed by atoms with Crippen molar-refractivity contribution in [1.82, 2.24) is 5.32 Å². The Labute approximate surface area is 218 Å². The molecule has 5 rings (SSSR count). The molecule has 0 bridgehead atoms. The minimum atomic E-state index is -0.694. The zero-order valence-corrected chi connectivity index (χ0v) is 20.5. The molecule has 0 aliphatic carbocycles. The van der Waals surface area contributed by atoms with Crippen LogP contribution in [0.25, 0.3) is 0 Å². The van der Waals surface area contributed by atoms with Crippen LogP contribution in [0.2, 0.25) is 0 Å². The van der Waals surface area contributed by atoms with Gasteiger partial charge in [0.15, 0.2) is 23.9 Å². The number of Topliss-reactive ketones (excluding diaryl/α,β-unsaturated/α-hetero) is 1. The smallest absolute Gasteiger partial charge is 0.338 e. The van der Waals surface area contributed by atoms with Gasteiger partial charge in [-0.25, -0.2) is 9.69 Å². The molecule has 2 aliphatic heterocycles. The lowest BCUT2D eigenvalue weighted by Crippen LogP contribution is -2.38. The third-order valence-corrected chi connectivity index (χ3v) is 6.24. The highest BCUT2D eigenvalue weighted by molar-refractivity contribution is 6.22. The number of nitrogens with zero attached hydrogens (tertiary/aromatic N) is 1. The molecule has 1 saturated heterocycles. The number of ketones is 1. The first-order valence-corrected chi connectivity index (χ1v) is 11.9. The fourth-order valence-electron chi connectivity index (χ4n) is 4.18. The van der Waals surface area contributed by atoms with Gasteiger partial charge in [0.25, 0.3) is 5.91 Å². The van der Waals surface area contributed by atoms with Crippen LogP contribution in [0.3, 0.4) is 0 Å². The van der Waals surface area contributed by atoms with Crippen molar-refractivity contribution in [3.63, 3.8) is 0 Å². The maximum Gasteiger partial charge on any atom is 0.338 e. The normalized spacial score (nSPS) is 16.0. The molecule has 0 spiro atoms. The van der Waals surface area contributed by atoms with E-state index in [-0.39, 0.29) is 36.4 Å². The molecular formula is C28H24N2O8. The number of ether oxygens (including phenoxy) is 4. The largest absolute Gasteiger partial charge is 0.497 e. The molecule has 3 aromatic carbocycles. The second kappa shape index (κ2) is 10.7. The highest BCUT2D eigenvalue weighted by atomic mass is 16.7. The van der Waals surface area contributed by atoms with Crippen molar-refractivity contribution in [1.29, 1.82) is 0 Å². The molecule has 2 aliphatic rings. The quantitative estimate of drug-likeness (QED) is 0.260. The van der Waals surface area contributed by atoms with E-state index in [1.165, 1.54) is 31.4 Å². The number of hydrogen-bond donors (Lipinski definition) is 1. The monoisotopic (exact) mass is 516 g/mol. The molecule has 0 radical (unpaired) electrons. The van der Waals surface area contributed by atoms with Gasteiger partial charge in [-0.15, -0.1) is 0 Å². The molecule has 2 amide bonds. The molecule has 1 unspecified atom stereocenters. The summed E-state index contributed by atoms with van der Waals surface area (Å²) in [4.78, 5) is 51.4. The average Bonchev–Trinajstić information content (AvgIpc) is 3.53. The fraction of sp³-hybridized carbons (Fsp3) is 0.214. The molecule has 0 aromatic heterocycles. The van der Waals surface area contributed by atoms with E-state index in [0.717, 1.165) is 10.5 Å². The lowest BCUT2D eigenvalue weighted by atomic mass is 10.1. The standard InChI is InChI=1S/C28H24N2O8/c1-35-21-9-5-18(6-10-21)23(31)15-36-28(34)19-3-7-20(8-4-19)30-26(32)13-22(27(30)33)29-14-17-2-11-24-25(12-17)38-16-37-24/h2-12,22,29H,13-16H2,1H3.